The van der Waals surface area contributed by atoms with E-state index in [-0.39, 0.29) is 12.4 Å². The van der Waals surface area contributed by atoms with Crippen LogP contribution in [0.15, 0.2) is 48.8 Å². The third-order valence-corrected chi connectivity index (χ3v) is 6.60. The maximum Gasteiger partial charge on any atom is 0.232 e. The van der Waals surface area contributed by atoms with Crippen molar-refractivity contribution in [1.82, 2.24) is 25.6 Å². The molecule has 35 heavy (non-hydrogen) atoms. The van der Waals surface area contributed by atoms with E-state index in [1.54, 1.807) is 6.20 Å². The van der Waals surface area contributed by atoms with Crippen molar-refractivity contribution in [2.45, 2.75) is 19.4 Å². The lowest BCUT2D eigenvalue weighted by Gasteiger charge is -2.28. The first-order valence-electron chi connectivity index (χ1n) is 12.2. The Bertz CT molecular complexity index is 1070. The number of piperidine rings is 1. The number of halogens is 1. The summed E-state index contributed by atoms with van der Waals surface area (Å²) in [6.07, 6.45) is 5.89. The highest BCUT2D eigenvalue weighted by Crippen LogP contribution is 2.31. The van der Waals surface area contributed by atoms with E-state index in [9.17, 15) is 0 Å². The van der Waals surface area contributed by atoms with Crippen LogP contribution in [0.5, 0.6) is 5.88 Å². The minimum Gasteiger partial charge on any atom is -0.476 e. The average Bonchev–Trinajstić information content (AvgIpc) is 2.93. The normalized spacial score (nSPS) is 16.5. The molecule has 0 atom stereocenters. The molecule has 2 fully saturated rings. The fraction of sp³-hybridized carbons (Fsp3) is 0.423. The standard InChI is InChI=1S/C26H33N7O.ClH/c27-15-19-1-3-21(4-2-19)25-26(22-5-6-23(30-16-22)33-13-11-29-12-14-33)32-24(17-31-25)34-18-20-7-9-28-10-8-20;/h1-6,16-17,20,28-29H,7-15,18,27H2;1H. The largest absolute Gasteiger partial charge is 0.476 e. The van der Waals surface area contributed by atoms with E-state index in [2.05, 4.69) is 27.7 Å². The molecule has 5 rings (SSSR count). The molecule has 2 aromatic heterocycles. The number of hydrogen-bond donors (Lipinski definition) is 3. The SMILES string of the molecule is Cl.NCc1ccc(-c2ncc(OCC3CCNCC3)nc2-c2ccc(N3CCNCC3)nc2)cc1. The highest BCUT2D eigenvalue weighted by molar-refractivity contribution is 5.85. The van der Waals surface area contributed by atoms with Gasteiger partial charge in [-0.1, -0.05) is 24.3 Å². The highest BCUT2D eigenvalue weighted by Gasteiger charge is 2.18. The van der Waals surface area contributed by atoms with Crippen LogP contribution in [0.1, 0.15) is 18.4 Å². The molecule has 0 aliphatic carbocycles. The van der Waals surface area contributed by atoms with E-state index < -0.39 is 0 Å². The monoisotopic (exact) mass is 495 g/mol. The maximum absolute atomic E-state index is 6.10. The summed E-state index contributed by atoms with van der Waals surface area (Å²) < 4.78 is 6.10. The molecule has 8 nitrogen and oxygen atoms in total. The van der Waals surface area contributed by atoms with Gasteiger partial charge in [0.25, 0.3) is 0 Å². The minimum absolute atomic E-state index is 0. The van der Waals surface area contributed by atoms with Crippen LogP contribution in [0.3, 0.4) is 0 Å². The predicted octanol–water partition coefficient (Wildman–Crippen LogP) is 2.87. The summed E-state index contributed by atoms with van der Waals surface area (Å²) in [6.45, 7) is 7.17. The first-order chi connectivity index (χ1) is 16.8. The molecule has 2 aliphatic rings. The topological polar surface area (TPSA) is 101 Å². The Morgan fingerprint density at radius 1 is 0.857 bits per heavy atom. The minimum atomic E-state index is 0. The zero-order chi connectivity index (χ0) is 23.2. The van der Waals surface area contributed by atoms with Crippen molar-refractivity contribution in [2.75, 3.05) is 50.8 Å². The Balaban J connectivity index is 0.00000289. The Morgan fingerprint density at radius 3 is 2.26 bits per heavy atom. The average molecular weight is 496 g/mol. The van der Waals surface area contributed by atoms with Gasteiger partial charge < -0.3 is 26.0 Å². The van der Waals surface area contributed by atoms with E-state index in [0.717, 1.165) is 86.0 Å². The van der Waals surface area contributed by atoms with Gasteiger partial charge in [-0.15, -0.1) is 12.4 Å². The van der Waals surface area contributed by atoms with E-state index in [0.29, 0.717) is 24.9 Å². The van der Waals surface area contributed by atoms with Crippen LogP contribution < -0.4 is 26.0 Å². The summed E-state index contributed by atoms with van der Waals surface area (Å²) >= 11 is 0. The number of nitrogens with one attached hydrogen (secondary N) is 2. The van der Waals surface area contributed by atoms with Crippen molar-refractivity contribution in [3.63, 3.8) is 0 Å². The Labute approximate surface area is 213 Å². The molecule has 0 saturated carbocycles. The van der Waals surface area contributed by atoms with Crippen molar-refractivity contribution < 1.29 is 4.74 Å². The van der Waals surface area contributed by atoms with Gasteiger partial charge in [0.15, 0.2) is 0 Å². The molecule has 2 saturated heterocycles. The second-order valence-electron chi connectivity index (χ2n) is 8.95. The van der Waals surface area contributed by atoms with Gasteiger partial charge in [-0.25, -0.2) is 15.0 Å². The van der Waals surface area contributed by atoms with Crippen molar-refractivity contribution in [2.24, 2.45) is 11.7 Å². The second kappa shape index (κ2) is 12.3. The van der Waals surface area contributed by atoms with Crippen LogP contribution in [0.2, 0.25) is 0 Å². The molecule has 9 heteroatoms. The van der Waals surface area contributed by atoms with E-state index in [1.807, 2.05) is 30.5 Å². The molecule has 0 spiro atoms. The number of nitrogens with zero attached hydrogens (tertiary/aromatic N) is 4. The van der Waals surface area contributed by atoms with Crippen LogP contribution >= 0.6 is 12.4 Å². The number of hydrogen-bond acceptors (Lipinski definition) is 8. The quantitative estimate of drug-likeness (QED) is 0.460. The van der Waals surface area contributed by atoms with Crippen LogP contribution in [0, 0.1) is 5.92 Å². The van der Waals surface area contributed by atoms with Crippen LogP contribution in [0.4, 0.5) is 5.82 Å². The summed E-state index contributed by atoms with van der Waals surface area (Å²) in [4.78, 5) is 16.7. The van der Waals surface area contributed by atoms with Crippen molar-refractivity contribution in [3.8, 4) is 28.4 Å². The summed E-state index contributed by atoms with van der Waals surface area (Å²) in [6, 6.07) is 12.3. The Kier molecular flexibility index (Phi) is 8.87. The number of rotatable bonds is 7. The molecule has 0 bridgehead atoms. The maximum atomic E-state index is 6.10. The molecule has 3 aromatic rings. The van der Waals surface area contributed by atoms with Crippen molar-refractivity contribution >= 4 is 18.2 Å². The van der Waals surface area contributed by atoms with E-state index in [1.165, 1.54) is 0 Å². The molecular weight excluding hydrogens is 462 g/mol. The molecule has 0 radical (unpaired) electrons. The van der Waals surface area contributed by atoms with Crippen LogP contribution in [-0.2, 0) is 6.54 Å². The van der Waals surface area contributed by atoms with Crippen LogP contribution in [0.25, 0.3) is 22.5 Å². The molecule has 186 valence electrons. The fourth-order valence-corrected chi connectivity index (χ4v) is 4.51. The molecule has 0 unspecified atom stereocenters. The molecule has 4 N–H and O–H groups in total. The summed E-state index contributed by atoms with van der Waals surface area (Å²) in [5, 5.41) is 6.78. The van der Waals surface area contributed by atoms with Crippen molar-refractivity contribution in [3.05, 3.63) is 54.4 Å². The zero-order valence-corrected chi connectivity index (χ0v) is 20.8. The first kappa shape index (κ1) is 25.3. The molecular formula is C26H34ClN7O. The zero-order valence-electron chi connectivity index (χ0n) is 19.9. The lowest BCUT2D eigenvalue weighted by molar-refractivity contribution is 0.208. The third kappa shape index (κ3) is 6.27. The molecule has 1 aromatic carbocycles. The predicted molar refractivity (Wildman–Crippen MR) is 142 cm³/mol. The van der Waals surface area contributed by atoms with E-state index >= 15 is 0 Å². The Hall–Kier alpha value is -2.78. The number of nitrogens with two attached hydrogens (primary N) is 1. The number of aromatic nitrogens is 3. The van der Waals surface area contributed by atoms with Crippen molar-refractivity contribution in [1.29, 1.82) is 0 Å². The third-order valence-electron chi connectivity index (χ3n) is 6.60. The lowest BCUT2D eigenvalue weighted by atomic mass is 9.99. The number of benzene rings is 1. The van der Waals surface area contributed by atoms with Gasteiger partial charge in [-0.05, 0) is 49.5 Å². The van der Waals surface area contributed by atoms with Crippen LogP contribution in [-0.4, -0.2) is 60.8 Å². The number of anilines is 1. The smallest absolute Gasteiger partial charge is 0.232 e. The number of piperazine rings is 1. The van der Waals surface area contributed by atoms with Gasteiger partial charge in [0, 0.05) is 50.0 Å². The number of pyridine rings is 1. The summed E-state index contributed by atoms with van der Waals surface area (Å²) in [5.41, 5.74) is 10.4. The Morgan fingerprint density at radius 2 is 1.57 bits per heavy atom. The van der Waals surface area contributed by atoms with E-state index in [4.69, 9.17) is 25.4 Å². The molecule has 4 heterocycles. The summed E-state index contributed by atoms with van der Waals surface area (Å²) in [7, 11) is 0. The van der Waals surface area contributed by atoms with Gasteiger partial charge in [0.2, 0.25) is 5.88 Å². The fourth-order valence-electron chi connectivity index (χ4n) is 4.51. The van der Waals surface area contributed by atoms with Gasteiger partial charge >= 0.3 is 0 Å². The molecule has 2 aliphatic heterocycles. The van der Waals surface area contributed by atoms with Gasteiger partial charge in [0.05, 0.1) is 18.5 Å². The first-order valence-corrected chi connectivity index (χ1v) is 12.2. The van der Waals surface area contributed by atoms with Gasteiger partial charge in [0.1, 0.15) is 11.5 Å². The highest BCUT2D eigenvalue weighted by atomic mass is 35.5. The second-order valence-corrected chi connectivity index (χ2v) is 8.95. The van der Waals surface area contributed by atoms with Gasteiger partial charge in [-0.2, -0.15) is 0 Å². The van der Waals surface area contributed by atoms with Gasteiger partial charge in [-0.3, -0.25) is 0 Å². The number of ether oxygens (including phenoxy) is 1. The lowest BCUT2D eigenvalue weighted by Crippen LogP contribution is -2.43. The molecule has 0 amide bonds. The summed E-state index contributed by atoms with van der Waals surface area (Å²) in [5.74, 6) is 2.10.